The van der Waals surface area contributed by atoms with E-state index in [9.17, 15) is 14.9 Å². The van der Waals surface area contributed by atoms with E-state index in [1.807, 2.05) is 0 Å². The lowest BCUT2D eigenvalue weighted by Gasteiger charge is -2.08. The second kappa shape index (κ2) is 4.18. The maximum atomic E-state index is 11.8. The van der Waals surface area contributed by atoms with Gasteiger partial charge in [-0.2, -0.15) is 9.99 Å². The normalized spacial score (nSPS) is 10.0. The molecule has 2 rings (SSSR count). The zero-order valence-electron chi connectivity index (χ0n) is 9.28. The summed E-state index contributed by atoms with van der Waals surface area (Å²) in [4.78, 5) is 26.9. The molecule has 0 saturated heterocycles. The Bertz CT molecular complexity index is 742. The average molecular weight is 245 g/mol. The first-order chi connectivity index (χ1) is 8.58. The van der Waals surface area contributed by atoms with E-state index in [-0.39, 0.29) is 22.2 Å². The van der Waals surface area contributed by atoms with E-state index in [2.05, 4.69) is 0 Å². The summed E-state index contributed by atoms with van der Waals surface area (Å²) in [5.74, 6) is 0. The van der Waals surface area contributed by atoms with Gasteiger partial charge in [-0.3, -0.25) is 14.9 Å². The second-order valence-electron chi connectivity index (χ2n) is 3.45. The van der Waals surface area contributed by atoms with Crippen LogP contribution >= 0.6 is 0 Å². The summed E-state index contributed by atoms with van der Waals surface area (Å²) in [6, 6.07) is 5.50. The van der Waals surface area contributed by atoms with Crippen molar-refractivity contribution in [2.24, 2.45) is 0 Å². The van der Waals surface area contributed by atoms with Crippen molar-refractivity contribution < 1.29 is 9.76 Å². The van der Waals surface area contributed by atoms with E-state index in [0.29, 0.717) is 0 Å². The van der Waals surface area contributed by atoms with Gasteiger partial charge in [0.25, 0.3) is 5.69 Å². The van der Waals surface area contributed by atoms with Crippen molar-refractivity contribution >= 4 is 16.6 Å². The Kier molecular flexibility index (Phi) is 2.69. The number of hydrogen-bond donors (Lipinski definition) is 0. The smallest absolute Gasteiger partial charge is 0.271 e. The molecule has 0 aliphatic carbocycles. The molecule has 18 heavy (non-hydrogen) atoms. The Balaban J connectivity index is 2.91. The molecule has 1 aromatic heterocycles. The lowest BCUT2D eigenvalue weighted by Crippen LogP contribution is -2.16. The SMILES string of the molecule is COn1cc(C#N)c(=O)c2ccc([N+](=O)[O-])cc21. The van der Waals surface area contributed by atoms with Gasteiger partial charge in [0.2, 0.25) is 5.43 Å². The van der Waals surface area contributed by atoms with Crippen LogP contribution in [0, 0.1) is 21.4 Å². The van der Waals surface area contributed by atoms with E-state index in [0.717, 1.165) is 4.73 Å². The summed E-state index contributed by atoms with van der Waals surface area (Å²) in [6.45, 7) is 0. The summed E-state index contributed by atoms with van der Waals surface area (Å²) in [7, 11) is 1.34. The Hall–Kier alpha value is -2.88. The van der Waals surface area contributed by atoms with Gasteiger partial charge < -0.3 is 4.84 Å². The minimum absolute atomic E-state index is 0.0850. The van der Waals surface area contributed by atoms with Crippen molar-refractivity contribution in [1.29, 1.82) is 5.26 Å². The fourth-order valence-electron chi connectivity index (χ4n) is 1.63. The second-order valence-corrected chi connectivity index (χ2v) is 3.45. The third-order valence-electron chi connectivity index (χ3n) is 2.48. The molecular formula is C11H7N3O4. The lowest BCUT2D eigenvalue weighted by atomic mass is 10.1. The molecule has 2 aromatic rings. The van der Waals surface area contributed by atoms with Crippen LogP contribution in [-0.4, -0.2) is 16.8 Å². The van der Waals surface area contributed by atoms with Gasteiger partial charge >= 0.3 is 0 Å². The number of nitro groups is 1. The molecule has 0 bridgehead atoms. The Morgan fingerprint density at radius 2 is 2.22 bits per heavy atom. The third-order valence-corrected chi connectivity index (χ3v) is 2.48. The summed E-state index contributed by atoms with van der Waals surface area (Å²) in [6.07, 6.45) is 1.20. The number of benzene rings is 1. The first-order valence-electron chi connectivity index (χ1n) is 4.87. The van der Waals surface area contributed by atoms with Crippen LogP contribution in [0.4, 0.5) is 5.69 Å². The number of nitro benzene ring substituents is 1. The predicted octanol–water partition coefficient (Wildman–Crippen LogP) is 0.840. The molecular weight excluding hydrogens is 238 g/mol. The molecule has 0 saturated carbocycles. The fraction of sp³-hybridized carbons (Fsp3) is 0.0909. The zero-order valence-corrected chi connectivity index (χ0v) is 9.28. The number of nitrogens with zero attached hydrogens (tertiary/aromatic N) is 3. The summed E-state index contributed by atoms with van der Waals surface area (Å²) in [5.41, 5.74) is -0.470. The van der Waals surface area contributed by atoms with Gasteiger partial charge in [-0.15, -0.1) is 0 Å². The van der Waals surface area contributed by atoms with Crippen molar-refractivity contribution in [3.8, 4) is 6.07 Å². The quantitative estimate of drug-likeness (QED) is 0.576. The average Bonchev–Trinajstić information content (AvgIpc) is 2.38. The number of fused-ring (bicyclic) bond motifs is 1. The highest BCUT2D eigenvalue weighted by Crippen LogP contribution is 2.18. The largest absolute Gasteiger partial charge is 0.417 e. The molecule has 1 aromatic carbocycles. The summed E-state index contributed by atoms with van der Waals surface area (Å²) >= 11 is 0. The molecule has 0 radical (unpaired) electrons. The van der Waals surface area contributed by atoms with Crippen molar-refractivity contribution in [1.82, 2.24) is 4.73 Å². The van der Waals surface area contributed by atoms with Gasteiger partial charge in [-0.25, -0.2) is 0 Å². The number of pyridine rings is 1. The topological polar surface area (TPSA) is 98.2 Å². The minimum Gasteiger partial charge on any atom is -0.417 e. The van der Waals surface area contributed by atoms with Gasteiger partial charge in [0.1, 0.15) is 18.7 Å². The number of non-ortho nitro benzene ring substituents is 1. The Labute approximate surface area is 101 Å². The fourth-order valence-corrected chi connectivity index (χ4v) is 1.63. The molecule has 7 heteroatoms. The minimum atomic E-state index is -0.567. The maximum Gasteiger partial charge on any atom is 0.271 e. The highest BCUT2D eigenvalue weighted by molar-refractivity contribution is 5.82. The molecule has 0 amide bonds. The molecule has 0 spiro atoms. The monoisotopic (exact) mass is 245 g/mol. The van der Waals surface area contributed by atoms with E-state index >= 15 is 0 Å². The maximum absolute atomic E-state index is 11.8. The van der Waals surface area contributed by atoms with E-state index in [1.165, 1.54) is 31.5 Å². The van der Waals surface area contributed by atoms with Gasteiger partial charge in [-0.05, 0) is 6.07 Å². The molecule has 0 atom stereocenters. The van der Waals surface area contributed by atoms with Crippen LogP contribution in [0.25, 0.3) is 10.9 Å². The van der Waals surface area contributed by atoms with Crippen LogP contribution in [0.2, 0.25) is 0 Å². The first kappa shape index (κ1) is 11.6. The molecule has 0 N–H and O–H groups in total. The Morgan fingerprint density at radius 1 is 1.50 bits per heavy atom. The van der Waals surface area contributed by atoms with Crippen LogP contribution in [0.15, 0.2) is 29.2 Å². The van der Waals surface area contributed by atoms with E-state index in [4.69, 9.17) is 10.1 Å². The van der Waals surface area contributed by atoms with Gasteiger partial charge in [0, 0.05) is 12.1 Å². The third kappa shape index (κ3) is 1.66. The molecule has 0 fully saturated rings. The summed E-state index contributed by atoms with van der Waals surface area (Å²) in [5, 5.41) is 19.7. The molecule has 1 heterocycles. The zero-order chi connectivity index (χ0) is 13.3. The number of nitriles is 1. The van der Waals surface area contributed by atoms with Crippen LogP contribution in [0.3, 0.4) is 0 Å². The summed E-state index contributed by atoms with van der Waals surface area (Å²) < 4.78 is 1.16. The van der Waals surface area contributed by atoms with Crippen molar-refractivity contribution in [3.63, 3.8) is 0 Å². The van der Waals surface area contributed by atoms with Gasteiger partial charge in [-0.1, -0.05) is 0 Å². The molecule has 0 aliphatic rings. The van der Waals surface area contributed by atoms with Gasteiger partial charge in [0.05, 0.1) is 22.0 Å². The van der Waals surface area contributed by atoms with E-state index < -0.39 is 10.4 Å². The van der Waals surface area contributed by atoms with Crippen LogP contribution in [0.5, 0.6) is 0 Å². The highest BCUT2D eigenvalue weighted by Gasteiger charge is 2.13. The van der Waals surface area contributed by atoms with Crippen LogP contribution in [0.1, 0.15) is 5.56 Å². The lowest BCUT2D eigenvalue weighted by molar-refractivity contribution is -0.384. The predicted molar refractivity (Wildman–Crippen MR) is 62.1 cm³/mol. The molecule has 0 unspecified atom stereocenters. The van der Waals surface area contributed by atoms with Crippen molar-refractivity contribution in [2.75, 3.05) is 7.11 Å². The highest BCUT2D eigenvalue weighted by atomic mass is 16.6. The van der Waals surface area contributed by atoms with Gasteiger partial charge in [0.15, 0.2) is 0 Å². The molecule has 7 nitrogen and oxygen atoms in total. The number of rotatable bonds is 2. The van der Waals surface area contributed by atoms with E-state index in [1.54, 1.807) is 6.07 Å². The standard InChI is InChI=1S/C11H7N3O4/c1-18-13-6-7(5-12)11(15)9-3-2-8(14(16)17)4-10(9)13/h2-4,6H,1H3. The van der Waals surface area contributed by atoms with Crippen LogP contribution < -0.4 is 10.3 Å². The Morgan fingerprint density at radius 3 is 2.78 bits per heavy atom. The number of hydrogen-bond acceptors (Lipinski definition) is 5. The first-order valence-corrected chi connectivity index (χ1v) is 4.87. The number of aromatic nitrogens is 1. The molecule has 90 valence electrons. The van der Waals surface area contributed by atoms with Crippen molar-refractivity contribution in [2.45, 2.75) is 0 Å². The van der Waals surface area contributed by atoms with Crippen molar-refractivity contribution in [3.05, 3.63) is 50.3 Å². The van der Waals surface area contributed by atoms with Crippen LogP contribution in [-0.2, 0) is 0 Å². The molecule has 0 aliphatic heterocycles.